The van der Waals surface area contributed by atoms with Gasteiger partial charge in [0.1, 0.15) is 11.6 Å². The van der Waals surface area contributed by atoms with E-state index in [9.17, 15) is 8.78 Å². The molecule has 3 N–H and O–H groups in total. The fourth-order valence-corrected chi connectivity index (χ4v) is 2.15. The van der Waals surface area contributed by atoms with E-state index in [0.29, 0.717) is 13.1 Å². The molecule has 0 bridgehead atoms. The second-order valence-electron chi connectivity index (χ2n) is 4.44. The van der Waals surface area contributed by atoms with Crippen molar-refractivity contribution in [3.63, 3.8) is 0 Å². The highest BCUT2D eigenvalue weighted by molar-refractivity contribution is 5.55. The molecule has 0 spiro atoms. The summed E-state index contributed by atoms with van der Waals surface area (Å²) in [5.41, 5.74) is 5.38. The molecular weight excluding hydrogens is 226 g/mol. The van der Waals surface area contributed by atoms with Gasteiger partial charge in [0.2, 0.25) is 0 Å². The van der Waals surface area contributed by atoms with Crippen LogP contribution >= 0.6 is 0 Å². The standard InChI is InChI=1S/C12H16F2N2O/c13-9-6-12(10(14)5-11(9)15)16-3-1-8(7-17)2-4-16/h5-6,8,17H,1-4,7,15H2. The zero-order chi connectivity index (χ0) is 12.4. The fourth-order valence-electron chi connectivity index (χ4n) is 2.15. The van der Waals surface area contributed by atoms with E-state index in [1.54, 1.807) is 4.90 Å². The highest BCUT2D eigenvalue weighted by Gasteiger charge is 2.21. The molecule has 1 aliphatic rings. The average molecular weight is 242 g/mol. The van der Waals surface area contributed by atoms with Gasteiger partial charge < -0.3 is 15.7 Å². The maximum absolute atomic E-state index is 13.7. The molecule has 1 fully saturated rings. The van der Waals surface area contributed by atoms with Crippen LogP contribution in [-0.2, 0) is 0 Å². The molecule has 1 saturated heterocycles. The van der Waals surface area contributed by atoms with Crippen LogP contribution in [-0.4, -0.2) is 24.8 Å². The Morgan fingerprint density at radius 3 is 2.47 bits per heavy atom. The minimum atomic E-state index is -0.592. The average Bonchev–Trinajstić information content (AvgIpc) is 2.34. The zero-order valence-electron chi connectivity index (χ0n) is 9.50. The summed E-state index contributed by atoms with van der Waals surface area (Å²) in [7, 11) is 0. The predicted octanol–water partition coefficient (Wildman–Crippen LogP) is 1.76. The van der Waals surface area contributed by atoms with Crippen LogP contribution in [0.15, 0.2) is 12.1 Å². The Morgan fingerprint density at radius 2 is 1.88 bits per heavy atom. The Morgan fingerprint density at radius 1 is 1.24 bits per heavy atom. The molecule has 94 valence electrons. The number of aliphatic hydroxyl groups is 1. The van der Waals surface area contributed by atoms with Crippen molar-refractivity contribution < 1.29 is 13.9 Å². The minimum Gasteiger partial charge on any atom is -0.396 e. The van der Waals surface area contributed by atoms with Crippen LogP contribution in [0, 0.1) is 17.6 Å². The van der Waals surface area contributed by atoms with E-state index in [2.05, 4.69) is 0 Å². The van der Waals surface area contributed by atoms with E-state index >= 15 is 0 Å². The third kappa shape index (κ3) is 2.49. The number of nitrogens with zero attached hydrogens (tertiary/aromatic N) is 1. The molecule has 0 unspecified atom stereocenters. The number of benzene rings is 1. The molecule has 1 aromatic carbocycles. The second kappa shape index (κ2) is 4.87. The first-order valence-electron chi connectivity index (χ1n) is 5.72. The molecule has 0 aromatic heterocycles. The van der Waals surface area contributed by atoms with Gasteiger partial charge in [-0.15, -0.1) is 0 Å². The van der Waals surface area contributed by atoms with Crippen molar-refractivity contribution in [1.82, 2.24) is 0 Å². The Bertz CT molecular complexity index is 404. The molecule has 0 aliphatic carbocycles. The second-order valence-corrected chi connectivity index (χ2v) is 4.44. The monoisotopic (exact) mass is 242 g/mol. The van der Waals surface area contributed by atoms with Gasteiger partial charge in [-0.05, 0) is 18.8 Å². The summed E-state index contributed by atoms with van der Waals surface area (Å²) >= 11 is 0. The summed E-state index contributed by atoms with van der Waals surface area (Å²) < 4.78 is 27.0. The summed E-state index contributed by atoms with van der Waals surface area (Å²) in [4.78, 5) is 1.80. The normalized spacial score (nSPS) is 17.5. The molecule has 1 aliphatic heterocycles. The van der Waals surface area contributed by atoms with Crippen molar-refractivity contribution >= 4 is 11.4 Å². The topological polar surface area (TPSA) is 49.5 Å². The molecular formula is C12H16F2N2O. The summed E-state index contributed by atoms with van der Waals surface area (Å²) in [6, 6.07) is 2.16. The Hall–Kier alpha value is -1.36. The van der Waals surface area contributed by atoms with Gasteiger partial charge in [-0.1, -0.05) is 0 Å². The maximum atomic E-state index is 13.7. The Balaban J connectivity index is 2.16. The van der Waals surface area contributed by atoms with E-state index in [4.69, 9.17) is 10.8 Å². The first kappa shape index (κ1) is 12.1. The highest BCUT2D eigenvalue weighted by Crippen LogP contribution is 2.28. The smallest absolute Gasteiger partial charge is 0.148 e. The summed E-state index contributed by atoms with van der Waals surface area (Å²) in [6.45, 7) is 1.42. The molecule has 1 aromatic rings. The predicted molar refractivity (Wildman–Crippen MR) is 62.8 cm³/mol. The van der Waals surface area contributed by atoms with Crippen LogP contribution in [0.25, 0.3) is 0 Å². The molecule has 1 heterocycles. The number of nitrogens with two attached hydrogens (primary N) is 1. The SMILES string of the molecule is Nc1cc(F)c(N2CCC(CO)CC2)cc1F. The van der Waals surface area contributed by atoms with Crippen molar-refractivity contribution in [2.45, 2.75) is 12.8 Å². The summed E-state index contributed by atoms with van der Waals surface area (Å²) in [6.07, 6.45) is 1.59. The fraction of sp³-hybridized carbons (Fsp3) is 0.500. The quantitative estimate of drug-likeness (QED) is 0.777. The van der Waals surface area contributed by atoms with Crippen LogP contribution in [0.2, 0.25) is 0 Å². The van der Waals surface area contributed by atoms with Crippen molar-refractivity contribution in [2.24, 2.45) is 5.92 Å². The molecule has 0 atom stereocenters. The van der Waals surface area contributed by atoms with Crippen molar-refractivity contribution in [3.05, 3.63) is 23.8 Å². The number of nitrogen functional groups attached to an aromatic ring is 1. The lowest BCUT2D eigenvalue weighted by molar-refractivity contribution is 0.203. The molecule has 2 rings (SSSR count). The first-order chi connectivity index (χ1) is 8.11. The molecule has 0 radical (unpaired) electrons. The van der Waals surface area contributed by atoms with Gasteiger partial charge in [-0.25, -0.2) is 8.78 Å². The number of anilines is 2. The Kier molecular flexibility index (Phi) is 3.47. The molecule has 0 saturated carbocycles. The first-order valence-corrected chi connectivity index (χ1v) is 5.72. The van der Waals surface area contributed by atoms with Crippen LogP contribution in [0.5, 0.6) is 0 Å². The van der Waals surface area contributed by atoms with Crippen molar-refractivity contribution in [3.8, 4) is 0 Å². The minimum absolute atomic E-state index is 0.159. The number of aliphatic hydroxyl groups excluding tert-OH is 1. The van der Waals surface area contributed by atoms with Gasteiger partial charge in [0.15, 0.2) is 0 Å². The van der Waals surface area contributed by atoms with Crippen LogP contribution in [0.1, 0.15) is 12.8 Å². The van der Waals surface area contributed by atoms with Crippen molar-refractivity contribution in [1.29, 1.82) is 0 Å². The lowest BCUT2D eigenvalue weighted by Gasteiger charge is -2.33. The largest absolute Gasteiger partial charge is 0.396 e. The number of halogens is 2. The molecule has 0 amide bonds. The lowest BCUT2D eigenvalue weighted by atomic mass is 9.97. The van der Waals surface area contributed by atoms with Gasteiger partial charge in [0.05, 0.1) is 11.4 Å². The lowest BCUT2D eigenvalue weighted by Crippen LogP contribution is -2.35. The Labute approximate surface area is 98.8 Å². The number of hydrogen-bond acceptors (Lipinski definition) is 3. The van der Waals surface area contributed by atoms with E-state index in [-0.39, 0.29) is 23.9 Å². The van der Waals surface area contributed by atoms with Gasteiger partial charge in [-0.3, -0.25) is 0 Å². The van der Waals surface area contributed by atoms with Crippen molar-refractivity contribution in [2.75, 3.05) is 30.3 Å². The number of rotatable bonds is 2. The highest BCUT2D eigenvalue weighted by atomic mass is 19.1. The van der Waals surface area contributed by atoms with Gasteiger partial charge in [-0.2, -0.15) is 0 Å². The molecule has 3 nitrogen and oxygen atoms in total. The third-order valence-electron chi connectivity index (χ3n) is 3.28. The van der Waals surface area contributed by atoms with Crippen LogP contribution in [0.3, 0.4) is 0 Å². The van der Waals surface area contributed by atoms with E-state index < -0.39 is 11.6 Å². The third-order valence-corrected chi connectivity index (χ3v) is 3.28. The van der Waals surface area contributed by atoms with Gasteiger partial charge in [0, 0.05) is 31.8 Å². The molecule has 17 heavy (non-hydrogen) atoms. The van der Waals surface area contributed by atoms with E-state index in [0.717, 1.165) is 25.0 Å². The summed E-state index contributed by atoms with van der Waals surface area (Å²) in [5.74, 6) is -0.815. The zero-order valence-corrected chi connectivity index (χ0v) is 9.50. The number of hydrogen-bond donors (Lipinski definition) is 2. The van der Waals surface area contributed by atoms with E-state index in [1.807, 2.05) is 0 Å². The number of piperidine rings is 1. The van der Waals surface area contributed by atoms with Gasteiger partial charge >= 0.3 is 0 Å². The molecule has 5 heteroatoms. The van der Waals surface area contributed by atoms with E-state index in [1.165, 1.54) is 0 Å². The van der Waals surface area contributed by atoms with Crippen LogP contribution < -0.4 is 10.6 Å². The maximum Gasteiger partial charge on any atom is 0.148 e. The van der Waals surface area contributed by atoms with Gasteiger partial charge in [0.25, 0.3) is 0 Å². The summed E-state index contributed by atoms with van der Waals surface area (Å²) in [5, 5.41) is 9.01. The van der Waals surface area contributed by atoms with Crippen LogP contribution in [0.4, 0.5) is 20.2 Å².